The predicted octanol–water partition coefficient (Wildman–Crippen LogP) is 1.66. The zero-order valence-electron chi connectivity index (χ0n) is 9.33. The van der Waals surface area contributed by atoms with Gasteiger partial charge in [0.2, 0.25) is 14.2 Å². The summed E-state index contributed by atoms with van der Waals surface area (Å²) in [6, 6.07) is 5.44. The molecule has 0 fully saturated rings. The molecule has 0 bridgehead atoms. The molecule has 0 atom stereocenters. The predicted molar refractivity (Wildman–Crippen MR) is 63.8 cm³/mol. The van der Waals surface area contributed by atoms with Gasteiger partial charge >= 0.3 is 6.01 Å². The van der Waals surface area contributed by atoms with Gasteiger partial charge in [-0.2, -0.15) is 4.98 Å². The molecule has 0 N–H and O–H groups in total. The van der Waals surface area contributed by atoms with Crippen LogP contribution in [0.4, 0.5) is 4.39 Å². The van der Waals surface area contributed by atoms with Crippen LogP contribution in [0.5, 0.6) is 6.01 Å². The fourth-order valence-corrected chi connectivity index (χ4v) is 3.41. The largest absolute Gasteiger partial charge is 0.466 e. The van der Waals surface area contributed by atoms with Crippen LogP contribution in [0.2, 0.25) is 0 Å². The lowest BCUT2D eigenvalue weighted by Gasteiger charge is -2.00. The van der Waals surface area contributed by atoms with Gasteiger partial charge in [0.15, 0.2) is 0 Å². The molecule has 5 nitrogen and oxygen atoms in total. The maximum absolute atomic E-state index is 13.0. The molecule has 2 aromatic rings. The Morgan fingerprint density at radius 2 is 2.22 bits per heavy atom. The van der Waals surface area contributed by atoms with Crippen LogP contribution >= 0.6 is 11.5 Å². The Bertz CT molecular complexity index is 655. The first-order valence-electron chi connectivity index (χ1n) is 4.86. The first kappa shape index (κ1) is 12.9. The highest BCUT2D eigenvalue weighted by atomic mass is 32.2. The van der Waals surface area contributed by atoms with E-state index >= 15 is 0 Å². The first-order valence-corrected chi connectivity index (χ1v) is 7.29. The van der Waals surface area contributed by atoms with Crippen LogP contribution < -0.4 is 4.74 Å². The average Bonchev–Trinajstić information content (AvgIpc) is 2.77. The Balaban J connectivity index is 2.27. The summed E-state index contributed by atoms with van der Waals surface area (Å²) >= 11 is 0.737. The summed E-state index contributed by atoms with van der Waals surface area (Å²) in [6.07, 6.45) is 0. The van der Waals surface area contributed by atoms with Crippen LogP contribution in [0.15, 0.2) is 28.6 Å². The second-order valence-corrected chi connectivity index (χ2v) is 6.35. The molecule has 0 aliphatic rings. The Hall–Kier alpha value is -1.54. The van der Waals surface area contributed by atoms with E-state index < -0.39 is 15.7 Å². The molecule has 0 aliphatic heterocycles. The summed E-state index contributed by atoms with van der Waals surface area (Å²) < 4.78 is 45.2. The van der Waals surface area contributed by atoms with Crippen molar-refractivity contribution in [1.82, 2.24) is 9.36 Å². The van der Waals surface area contributed by atoms with Crippen molar-refractivity contribution < 1.29 is 17.5 Å². The molecule has 1 heterocycles. The molecule has 1 aromatic carbocycles. The lowest BCUT2D eigenvalue weighted by molar-refractivity contribution is 0.383. The summed E-state index contributed by atoms with van der Waals surface area (Å²) in [5.74, 6) is -0.791. The van der Waals surface area contributed by atoms with Crippen LogP contribution in [0, 0.1) is 5.82 Å². The van der Waals surface area contributed by atoms with E-state index in [0.29, 0.717) is 5.56 Å². The number of nitrogens with zero attached hydrogens (tertiary/aromatic N) is 2. The highest BCUT2D eigenvalue weighted by Crippen LogP contribution is 2.21. The van der Waals surface area contributed by atoms with Crippen LogP contribution in [0.25, 0.3) is 0 Å². The highest BCUT2D eigenvalue weighted by Gasteiger charge is 2.21. The van der Waals surface area contributed by atoms with E-state index in [0.717, 1.165) is 11.5 Å². The maximum Gasteiger partial charge on any atom is 0.329 e. The van der Waals surface area contributed by atoms with E-state index in [4.69, 9.17) is 4.74 Å². The molecule has 0 saturated heterocycles. The van der Waals surface area contributed by atoms with E-state index in [1.807, 2.05) is 0 Å². The number of aromatic nitrogens is 2. The van der Waals surface area contributed by atoms with Gasteiger partial charge < -0.3 is 4.74 Å². The fourth-order valence-electron chi connectivity index (χ4n) is 1.31. The normalized spacial score (nSPS) is 11.4. The first-order chi connectivity index (χ1) is 8.51. The van der Waals surface area contributed by atoms with Gasteiger partial charge in [-0.3, -0.25) is 0 Å². The van der Waals surface area contributed by atoms with Crippen molar-refractivity contribution in [3.05, 3.63) is 35.6 Å². The zero-order chi connectivity index (χ0) is 13.2. The summed E-state index contributed by atoms with van der Waals surface area (Å²) in [4.78, 5) is 3.72. The minimum Gasteiger partial charge on any atom is -0.466 e. The quantitative estimate of drug-likeness (QED) is 0.855. The summed E-state index contributed by atoms with van der Waals surface area (Å²) in [5.41, 5.74) is 0.365. The number of sulfone groups is 1. The van der Waals surface area contributed by atoms with Gasteiger partial charge in [0.1, 0.15) is 5.82 Å². The Kier molecular flexibility index (Phi) is 3.58. The van der Waals surface area contributed by atoms with E-state index in [2.05, 4.69) is 9.36 Å². The molecular formula is C10H9FN2O3S2. The second-order valence-electron chi connectivity index (χ2n) is 3.44. The van der Waals surface area contributed by atoms with Gasteiger partial charge in [0, 0.05) is 11.5 Å². The van der Waals surface area contributed by atoms with E-state index in [1.165, 1.54) is 25.3 Å². The molecule has 8 heteroatoms. The molecule has 96 valence electrons. The average molecular weight is 288 g/mol. The number of hydrogen-bond donors (Lipinski definition) is 0. The van der Waals surface area contributed by atoms with Crippen LogP contribution in [-0.2, 0) is 15.6 Å². The second kappa shape index (κ2) is 4.99. The van der Waals surface area contributed by atoms with Crippen molar-refractivity contribution in [1.29, 1.82) is 0 Å². The molecule has 1 aromatic heterocycles. The summed E-state index contributed by atoms with van der Waals surface area (Å²) in [7, 11) is -2.27. The van der Waals surface area contributed by atoms with Crippen molar-refractivity contribution >= 4 is 21.4 Å². The van der Waals surface area contributed by atoms with Crippen molar-refractivity contribution in [3.63, 3.8) is 0 Å². The number of rotatable bonds is 4. The summed E-state index contributed by atoms with van der Waals surface area (Å²) in [6.45, 7) is 0. The smallest absolute Gasteiger partial charge is 0.329 e. The number of halogens is 1. The van der Waals surface area contributed by atoms with Crippen molar-refractivity contribution in [3.8, 4) is 6.01 Å². The Morgan fingerprint density at radius 1 is 1.44 bits per heavy atom. The van der Waals surface area contributed by atoms with E-state index in [-0.39, 0.29) is 16.1 Å². The Morgan fingerprint density at radius 3 is 2.83 bits per heavy atom. The van der Waals surface area contributed by atoms with Gasteiger partial charge in [-0.05, 0) is 17.7 Å². The fraction of sp³-hybridized carbons (Fsp3) is 0.200. The summed E-state index contributed by atoms with van der Waals surface area (Å²) in [5, 5.41) is 0. The van der Waals surface area contributed by atoms with Gasteiger partial charge in [0.25, 0.3) is 0 Å². The number of ether oxygens (including phenoxy) is 1. The Labute approximate surface area is 107 Å². The monoisotopic (exact) mass is 288 g/mol. The van der Waals surface area contributed by atoms with Crippen molar-refractivity contribution in [2.45, 2.75) is 10.1 Å². The molecule has 0 unspecified atom stereocenters. The zero-order valence-corrected chi connectivity index (χ0v) is 11.0. The van der Waals surface area contributed by atoms with Crippen LogP contribution in [-0.4, -0.2) is 24.9 Å². The molecule has 0 amide bonds. The molecular weight excluding hydrogens is 279 g/mol. The number of methoxy groups -OCH3 is 1. The van der Waals surface area contributed by atoms with Gasteiger partial charge in [-0.1, -0.05) is 12.1 Å². The minimum absolute atomic E-state index is 0.0119. The molecule has 0 saturated carbocycles. The third-order valence-corrected chi connectivity index (χ3v) is 4.90. The van der Waals surface area contributed by atoms with Crippen LogP contribution in [0.3, 0.4) is 0 Å². The molecule has 18 heavy (non-hydrogen) atoms. The topological polar surface area (TPSA) is 69.2 Å². The highest BCUT2D eigenvalue weighted by molar-refractivity contribution is 7.92. The molecule has 2 rings (SSSR count). The maximum atomic E-state index is 13.0. The number of benzene rings is 1. The van der Waals surface area contributed by atoms with Crippen molar-refractivity contribution in [2.75, 3.05) is 7.11 Å². The van der Waals surface area contributed by atoms with Gasteiger partial charge in [-0.25, -0.2) is 12.8 Å². The molecule has 0 radical (unpaired) electrons. The third-order valence-electron chi connectivity index (χ3n) is 2.08. The standard InChI is InChI=1S/C10H9FN2O3S2/c1-16-9-12-10(17-13-9)18(14,15)6-7-3-2-4-8(11)5-7/h2-5H,6H2,1H3. The van der Waals surface area contributed by atoms with Crippen molar-refractivity contribution in [2.24, 2.45) is 0 Å². The van der Waals surface area contributed by atoms with E-state index in [1.54, 1.807) is 6.07 Å². The lowest BCUT2D eigenvalue weighted by Crippen LogP contribution is -2.04. The van der Waals surface area contributed by atoms with Crippen LogP contribution in [0.1, 0.15) is 5.56 Å². The van der Waals surface area contributed by atoms with E-state index in [9.17, 15) is 12.8 Å². The molecule has 0 spiro atoms. The minimum atomic E-state index is -3.62. The SMILES string of the molecule is COc1nsc(S(=O)(=O)Cc2cccc(F)c2)n1. The van der Waals surface area contributed by atoms with Gasteiger partial charge in [0.05, 0.1) is 12.9 Å². The lowest BCUT2D eigenvalue weighted by atomic mass is 10.2. The number of hydrogen-bond acceptors (Lipinski definition) is 6. The molecule has 0 aliphatic carbocycles. The third kappa shape index (κ3) is 2.82. The van der Waals surface area contributed by atoms with Gasteiger partial charge in [-0.15, -0.1) is 4.37 Å².